The molecule has 0 aliphatic carbocycles. The Balaban J connectivity index is 1.28. The van der Waals surface area contributed by atoms with Crippen LogP contribution in [-0.4, -0.2) is 30.4 Å². The number of aromatic nitrogens is 4. The van der Waals surface area contributed by atoms with E-state index in [-0.39, 0.29) is 36.3 Å². The van der Waals surface area contributed by atoms with Crippen molar-refractivity contribution in [1.82, 2.24) is 24.9 Å². The van der Waals surface area contributed by atoms with Gasteiger partial charge in [-0.05, 0) is 24.3 Å². The number of rotatable bonds is 9. The predicted octanol–water partition coefficient (Wildman–Crippen LogP) is 4.61. The first-order valence-corrected chi connectivity index (χ1v) is 11.5. The first-order valence-electron chi connectivity index (χ1n) is 11.5. The van der Waals surface area contributed by atoms with Crippen LogP contribution in [0.25, 0.3) is 16.9 Å². The van der Waals surface area contributed by atoms with Crippen molar-refractivity contribution >= 4 is 11.6 Å². The topological polar surface area (TPSA) is 117 Å². The fourth-order valence-corrected chi connectivity index (χ4v) is 3.78. The molecular formula is C27H22N6O4. The molecule has 1 amide bonds. The first kappa shape index (κ1) is 23.5. The molecule has 0 saturated carbocycles. The summed E-state index contributed by atoms with van der Waals surface area (Å²) in [6, 6.07) is 27.2. The van der Waals surface area contributed by atoms with E-state index in [1.165, 1.54) is 16.8 Å². The molecule has 3 aromatic carbocycles. The molecule has 5 aromatic rings. The second kappa shape index (κ2) is 10.6. The summed E-state index contributed by atoms with van der Waals surface area (Å²) in [5.74, 6) is -0.242. The number of benzene rings is 3. The lowest BCUT2D eigenvalue weighted by Gasteiger charge is -2.06. The summed E-state index contributed by atoms with van der Waals surface area (Å²) in [5, 5.41) is 23.1. The minimum absolute atomic E-state index is 0.0832. The molecule has 0 fully saturated rings. The highest BCUT2D eigenvalue weighted by Gasteiger charge is 2.16. The van der Waals surface area contributed by atoms with Crippen molar-refractivity contribution in [2.75, 3.05) is 0 Å². The van der Waals surface area contributed by atoms with E-state index >= 15 is 0 Å². The molecule has 0 aliphatic heterocycles. The van der Waals surface area contributed by atoms with Crippen molar-refractivity contribution in [3.63, 3.8) is 0 Å². The maximum Gasteiger partial charge on any atom is 0.311 e. The Kier molecular flexibility index (Phi) is 6.71. The normalized spacial score (nSPS) is 10.7. The van der Waals surface area contributed by atoms with Gasteiger partial charge in [0.05, 0.1) is 16.3 Å². The van der Waals surface area contributed by atoms with Crippen LogP contribution < -0.4 is 10.1 Å². The second-order valence-corrected chi connectivity index (χ2v) is 8.07. The molecule has 0 radical (unpaired) electrons. The fraction of sp³-hybridized carbons (Fsp3) is 0.0741. The van der Waals surface area contributed by atoms with Crippen LogP contribution >= 0.6 is 0 Å². The van der Waals surface area contributed by atoms with Crippen LogP contribution in [-0.2, 0) is 13.3 Å². The quantitative estimate of drug-likeness (QED) is 0.236. The molecule has 37 heavy (non-hydrogen) atoms. The van der Waals surface area contributed by atoms with Gasteiger partial charge >= 0.3 is 5.69 Å². The van der Waals surface area contributed by atoms with Gasteiger partial charge in [-0.15, -0.1) is 0 Å². The minimum atomic E-state index is -0.513. The summed E-state index contributed by atoms with van der Waals surface area (Å²) in [5.41, 5.74) is 3.53. The highest BCUT2D eigenvalue weighted by atomic mass is 16.6. The average Bonchev–Trinajstić information content (AvgIpc) is 3.59. The van der Waals surface area contributed by atoms with Gasteiger partial charge in [-0.1, -0.05) is 60.7 Å². The third kappa shape index (κ3) is 5.38. The predicted molar refractivity (Wildman–Crippen MR) is 136 cm³/mol. The van der Waals surface area contributed by atoms with E-state index < -0.39 is 4.92 Å². The van der Waals surface area contributed by atoms with Gasteiger partial charge in [-0.2, -0.15) is 10.2 Å². The summed E-state index contributed by atoms with van der Waals surface area (Å²) >= 11 is 0. The molecule has 0 bridgehead atoms. The smallest absolute Gasteiger partial charge is 0.311 e. The van der Waals surface area contributed by atoms with Gasteiger partial charge in [0, 0.05) is 36.1 Å². The lowest BCUT2D eigenvalue weighted by atomic mass is 10.1. The number of nitrogens with one attached hydrogen (secondary N) is 1. The summed E-state index contributed by atoms with van der Waals surface area (Å²) in [6.45, 7) is 0.162. The Morgan fingerprint density at radius 1 is 0.919 bits per heavy atom. The minimum Gasteiger partial charge on any atom is -0.464 e. The molecule has 2 heterocycles. The van der Waals surface area contributed by atoms with E-state index in [4.69, 9.17) is 9.84 Å². The fourth-order valence-electron chi connectivity index (χ4n) is 3.78. The van der Waals surface area contributed by atoms with E-state index in [0.717, 1.165) is 22.5 Å². The maximum absolute atomic E-state index is 12.8. The van der Waals surface area contributed by atoms with Gasteiger partial charge in [0.1, 0.15) is 5.69 Å². The maximum atomic E-state index is 12.8. The number of para-hydroxylation sites is 3. The zero-order valence-corrected chi connectivity index (χ0v) is 19.6. The van der Waals surface area contributed by atoms with Crippen molar-refractivity contribution in [2.24, 2.45) is 0 Å². The molecule has 0 saturated heterocycles. The van der Waals surface area contributed by atoms with Crippen molar-refractivity contribution in [1.29, 1.82) is 0 Å². The van der Waals surface area contributed by atoms with E-state index in [1.54, 1.807) is 29.1 Å². The van der Waals surface area contributed by atoms with E-state index in [0.29, 0.717) is 0 Å². The van der Waals surface area contributed by atoms with Crippen molar-refractivity contribution in [3.8, 4) is 22.7 Å². The Bertz CT molecular complexity index is 1530. The zero-order chi connectivity index (χ0) is 25.6. The Morgan fingerprint density at radius 2 is 1.62 bits per heavy atom. The monoisotopic (exact) mass is 494 g/mol. The number of hydrogen-bond donors (Lipinski definition) is 1. The molecule has 5 rings (SSSR count). The molecular weight excluding hydrogens is 472 g/mol. The van der Waals surface area contributed by atoms with Crippen LogP contribution in [0.3, 0.4) is 0 Å². The van der Waals surface area contributed by atoms with Gasteiger partial charge in [-0.25, -0.2) is 9.36 Å². The highest BCUT2D eigenvalue weighted by molar-refractivity contribution is 5.92. The molecule has 0 unspecified atom stereocenters. The lowest BCUT2D eigenvalue weighted by Crippen LogP contribution is -2.23. The standard InChI is InChI=1S/C27H22N6O4/c34-27(23-15-16-31(29-23)19-37-25-14-8-7-13-24(25)33(35)36)28-17-21-18-32(22-11-5-2-6-12-22)30-26(21)20-9-3-1-4-10-20/h1-16,18H,17,19H2,(H,28,34). The zero-order valence-electron chi connectivity index (χ0n) is 19.6. The number of carbonyl (C=O) groups is 1. The van der Waals surface area contributed by atoms with Crippen LogP contribution in [0.4, 0.5) is 5.69 Å². The third-order valence-corrected chi connectivity index (χ3v) is 5.58. The van der Waals surface area contributed by atoms with Gasteiger partial charge in [-0.3, -0.25) is 14.9 Å². The average molecular weight is 495 g/mol. The van der Waals surface area contributed by atoms with Crippen LogP contribution in [0.2, 0.25) is 0 Å². The lowest BCUT2D eigenvalue weighted by molar-refractivity contribution is -0.386. The Hall–Kier alpha value is -5.25. The largest absolute Gasteiger partial charge is 0.464 e. The van der Waals surface area contributed by atoms with Crippen LogP contribution in [0, 0.1) is 10.1 Å². The second-order valence-electron chi connectivity index (χ2n) is 8.07. The highest BCUT2D eigenvalue weighted by Crippen LogP contribution is 2.26. The van der Waals surface area contributed by atoms with Gasteiger partial charge in [0.25, 0.3) is 5.91 Å². The number of ether oxygens (including phenoxy) is 1. The first-order chi connectivity index (χ1) is 18.1. The molecule has 184 valence electrons. The number of amides is 1. The molecule has 1 N–H and O–H groups in total. The van der Waals surface area contributed by atoms with Crippen LogP contribution in [0.15, 0.2) is 103 Å². The Morgan fingerprint density at radius 3 is 2.38 bits per heavy atom. The molecule has 10 heteroatoms. The van der Waals surface area contributed by atoms with E-state index in [1.807, 2.05) is 66.9 Å². The van der Waals surface area contributed by atoms with Gasteiger partial charge in [0.2, 0.25) is 0 Å². The molecule has 2 aromatic heterocycles. The van der Waals surface area contributed by atoms with Gasteiger partial charge < -0.3 is 10.1 Å². The van der Waals surface area contributed by atoms with Crippen molar-refractivity contribution in [2.45, 2.75) is 13.3 Å². The van der Waals surface area contributed by atoms with Crippen LogP contribution in [0.5, 0.6) is 5.75 Å². The SMILES string of the molecule is O=C(NCc1cn(-c2ccccc2)nc1-c1ccccc1)c1ccn(COc2ccccc2[N+](=O)[O-])n1. The van der Waals surface area contributed by atoms with Crippen molar-refractivity contribution < 1.29 is 14.5 Å². The number of carbonyl (C=O) groups excluding carboxylic acids is 1. The Labute approximate surface area is 211 Å². The molecule has 0 atom stereocenters. The number of nitro benzene ring substituents is 1. The summed E-state index contributed by atoms with van der Waals surface area (Å²) in [6.07, 6.45) is 3.48. The van der Waals surface area contributed by atoms with E-state index in [2.05, 4.69) is 10.4 Å². The molecule has 0 spiro atoms. The number of nitro groups is 1. The summed E-state index contributed by atoms with van der Waals surface area (Å²) in [7, 11) is 0. The molecule has 10 nitrogen and oxygen atoms in total. The van der Waals surface area contributed by atoms with Crippen molar-refractivity contribution in [3.05, 3.63) is 125 Å². The number of nitrogens with zero attached hydrogens (tertiary/aromatic N) is 5. The van der Waals surface area contributed by atoms with E-state index in [9.17, 15) is 14.9 Å². The van der Waals surface area contributed by atoms with Crippen LogP contribution in [0.1, 0.15) is 16.1 Å². The molecule has 0 aliphatic rings. The third-order valence-electron chi connectivity index (χ3n) is 5.58. The summed E-state index contributed by atoms with van der Waals surface area (Å²) < 4.78 is 8.72. The number of hydrogen-bond acceptors (Lipinski definition) is 6. The summed E-state index contributed by atoms with van der Waals surface area (Å²) in [4.78, 5) is 23.5. The van der Waals surface area contributed by atoms with Gasteiger partial charge in [0.15, 0.2) is 12.5 Å².